The number of rotatable bonds is 37. The fourth-order valence-electron chi connectivity index (χ4n) is 10.6. The lowest BCUT2D eigenvalue weighted by Crippen LogP contribution is -2.57. The third-order valence-corrected chi connectivity index (χ3v) is 17.2. The Bertz CT molecular complexity index is 3040. The van der Waals surface area contributed by atoms with Crippen LogP contribution in [0.4, 0.5) is 11.4 Å². The van der Waals surface area contributed by atoms with Gasteiger partial charge in [-0.2, -0.15) is 5.26 Å². The van der Waals surface area contributed by atoms with E-state index in [0.717, 1.165) is 99.7 Å². The minimum absolute atomic E-state index is 0.0227. The van der Waals surface area contributed by atoms with Crippen LogP contribution in [0.5, 0.6) is 17.2 Å². The van der Waals surface area contributed by atoms with E-state index in [-0.39, 0.29) is 43.7 Å². The first-order valence-corrected chi connectivity index (χ1v) is 32.3. The molecule has 3 aromatic carbocycles. The van der Waals surface area contributed by atoms with Crippen LogP contribution in [0.1, 0.15) is 102 Å². The molecule has 20 nitrogen and oxygen atoms in total. The van der Waals surface area contributed by atoms with Crippen LogP contribution >= 0.6 is 34.5 Å². The smallest absolute Gasteiger partial charge is 0.246 e. The number of piperazine rings is 1. The van der Waals surface area contributed by atoms with E-state index >= 15 is 0 Å². The first-order chi connectivity index (χ1) is 42.6. The Morgan fingerprint density at radius 1 is 0.761 bits per heavy atom. The van der Waals surface area contributed by atoms with E-state index in [2.05, 4.69) is 41.8 Å². The van der Waals surface area contributed by atoms with Crippen molar-refractivity contribution in [3.8, 4) is 33.8 Å². The zero-order valence-electron chi connectivity index (χ0n) is 52.0. The number of thiazole rings is 1. The standard InChI is InChI=1S/C65H89Cl2N9O11S/c1-45-61(88-44-71-45)47-18-16-46(17-19-47)41-70-63(79)55-35-49(77)43-76(55)64(80)62(65(2,3)4)73-59(78)15-10-9-13-27-84-30-32-86-34-33-85-31-29-83-26-12-8-7-11-20-74-22-24-75(25-23-74)21-14-28-87-58-38-53-50(36-57(58)82-6)60(48(40-68)42-69-53)72-54-39-56(81-5)52(67)37-51(54)66/h16-19,36-39,42,44,49,55,62,77H,7-15,20-35,41,43H2,1-6H3,(H,69,72)(H,70,79)(H,73,78)/t49-,55+,62-/m1/s1. The third kappa shape index (κ3) is 21.4. The van der Waals surface area contributed by atoms with Crippen molar-refractivity contribution < 1.29 is 52.6 Å². The topological polar surface area (TPSA) is 231 Å². The number of unbranched alkanes of at least 4 members (excludes halogenated alkanes) is 5. The lowest BCUT2D eigenvalue weighted by molar-refractivity contribution is -0.144. The van der Waals surface area contributed by atoms with Gasteiger partial charge in [-0.15, -0.1) is 11.3 Å². The molecule has 2 fully saturated rings. The number of likely N-dealkylation sites (tertiary alicyclic amines) is 1. The average Bonchev–Trinajstić information content (AvgIpc) is 2.98. The van der Waals surface area contributed by atoms with Crippen LogP contribution in [0, 0.1) is 23.7 Å². The van der Waals surface area contributed by atoms with Gasteiger partial charge >= 0.3 is 0 Å². The van der Waals surface area contributed by atoms with Crippen LogP contribution in [-0.2, 0) is 39.9 Å². The molecule has 2 aromatic heterocycles. The number of carbonyl (C=O) groups excluding carboxylic acids is 3. The molecule has 0 spiro atoms. The fraction of sp³-hybridized carbons (Fsp3) is 0.569. The van der Waals surface area contributed by atoms with Crippen molar-refractivity contribution in [2.24, 2.45) is 5.41 Å². The summed E-state index contributed by atoms with van der Waals surface area (Å²) in [5, 5.41) is 31.1. The lowest BCUT2D eigenvalue weighted by Gasteiger charge is -2.35. The second-order valence-corrected chi connectivity index (χ2v) is 24.9. The van der Waals surface area contributed by atoms with Crippen LogP contribution in [-0.4, -0.2) is 185 Å². The molecule has 480 valence electrons. The summed E-state index contributed by atoms with van der Waals surface area (Å²) in [6.07, 6.45) is 8.70. The number of amides is 3. The molecule has 4 heterocycles. The predicted molar refractivity (Wildman–Crippen MR) is 344 cm³/mol. The number of nitrogens with one attached hydrogen (secondary N) is 3. The first kappa shape index (κ1) is 69.6. The van der Waals surface area contributed by atoms with Gasteiger partial charge in [-0.05, 0) is 74.2 Å². The summed E-state index contributed by atoms with van der Waals surface area (Å²) in [6, 6.07) is 15.4. The summed E-state index contributed by atoms with van der Waals surface area (Å²) < 4.78 is 40.2. The number of nitrogens with zero attached hydrogens (tertiary/aromatic N) is 6. The van der Waals surface area contributed by atoms with Crippen LogP contribution in [0.15, 0.2) is 60.2 Å². The Labute approximate surface area is 532 Å². The normalized spacial score (nSPS) is 15.9. The maximum atomic E-state index is 14.0. The minimum Gasteiger partial charge on any atom is -0.495 e. The Kier molecular flexibility index (Phi) is 28.5. The molecule has 88 heavy (non-hydrogen) atoms. The summed E-state index contributed by atoms with van der Waals surface area (Å²) in [6.45, 7) is 19.0. The van der Waals surface area contributed by atoms with Gasteiger partial charge in [0.2, 0.25) is 17.7 Å². The van der Waals surface area contributed by atoms with Crippen molar-refractivity contribution in [2.75, 3.05) is 125 Å². The largest absolute Gasteiger partial charge is 0.495 e. The van der Waals surface area contributed by atoms with Crippen LogP contribution in [0.2, 0.25) is 10.0 Å². The summed E-state index contributed by atoms with van der Waals surface area (Å²) in [7, 11) is 3.12. The highest BCUT2D eigenvalue weighted by Crippen LogP contribution is 2.41. The van der Waals surface area contributed by atoms with Gasteiger partial charge in [0.05, 0.1) is 115 Å². The Balaban J connectivity index is 0.639. The summed E-state index contributed by atoms with van der Waals surface area (Å²) >= 11 is 14.4. The summed E-state index contributed by atoms with van der Waals surface area (Å²) in [4.78, 5) is 57.0. The van der Waals surface area contributed by atoms with Crippen LogP contribution in [0.3, 0.4) is 0 Å². The number of aryl methyl sites for hydroxylation is 1. The number of ether oxygens (including phenoxy) is 7. The molecule has 0 radical (unpaired) electrons. The van der Waals surface area contributed by atoms with E-state index in [1.165, 1.54) is 31.0 Å². The predicted octanol–water partition coefficient (Wildman–Crippen LogP) is 9.99. The van der Waals surface area contributed by atoms with Gasteiger partial charge in [-0.1, -0.05) is 87.5 Å². The Morgan fingerprint density at radius 2 is 1.39 bits per heavy atom. The van der Waals surface area contributed by atoms with Gasteiger partial charge in [0, 0.05) is 95.6 Å². The van der Waals surface area contributed by atoms with Crippen molar-refractivity contribution in [2.45, 2.75) is 117 Å². The van der Waals surface area contributed by atoms with E-state index in [1.807, 2.05) is 69.6 Å². The molecule has 7 rings (SSSR count). The molecule has 23 heteroatoms. The molecule has 5 aromatic rings. The number of aliphatic hydroxyl groups is 1. The maximum Gasteiger partial charge on any atom is 0.246 e. The van der Waals surface area contributed by atoms with E-state index in [0.29, 0.717) is 114 Å². The number of fused-ring (bicyclic) bond motifs is 1. The first-order valence-electron chi connectivity index (χ1n) is 30.7. The average molecular weight is 1280 g/mol. The van der Waals surface area contributed by atoms with Gasteiger partial charge in [0.15, 0.2) is 11.5 Å². The molecule has 3 amide bonds. The van der Waals surface area contributed by atoms with Gasteiger partial charge < -0.3 is 68.9 Å². The quantitative estimate of drug-likeness (QED) is 0.0271. The van der Waals surface area contributed by atoms with Crippen molar-refractivity contribution in [1.82, 2.24) is 35.3 Å². The monoisotopic (exact) mass is 1270 g/mol. The molecule has 0 unspecified atom stereocenters. The summed E-state index contributed by atoms with van der Waals surface area (Å²) in [5.74, 6) is 0.619. The molecule has 0 bridgehead atoms. The lowest BCUT2D eigenvalue weighted by atomic mass is 9.85. The maximum absolute atomic E-state index is 14.0. The van der Waals surface area contributed by atoms with Crippen LogP contribution in [0.25, 0.3) is 21.3 Å². The zero-order chi connectivity index (χ0) is 62.8. The molecule has 3 atom stereocenters. The Hall–Kier alpha value is -5.90. The second kappa shape index (κ2) is 36.1. The number of hydrogen-bond donors (Lipinski definition) is 4. The molecule has 4 N–H and O–H groups in total. The van der Waals surface area contributed by atoms with Crippen molar-refractivity contribution in [3.05, 3.63) is 87.1 Å². The number of nitriles is 1. The van der Waals surface area contributed by atoms with E-state index < -0.39 is 23.6 Å². The number of methoxy groups -OCH3 is 2. The van der Waals surface area contributed by atoms with Gasteiger partial charge in [-0.3, -0.25) is 19.4 Å². The highest BCUT2D eigenvalue weighted by molar-refractivity contribution is 7.13. The molecular weight excluding hydrogens is 1190 g/mol. The molecular formula is C65H89Cl2N9O11S. The molecule has 2 aliphatic rings. The minimum atomic E-state index is -0.869. The number of aromatic nitrogens is 2. The van der Waals surface area contributed by atoms with Crippen molar-refractivity contribution >= 4 is 74.5 Å². The van der Waals surface area contributed by atoms with E-state index in [1.54, 1.807) is 30.6 Å². The number of halogens is 2. The number of anilines is 2. The second-order valence-electron chi connectivity index (χ2n) is 23.3. The molecule has 2 aliphatic heterocycles. The van der Waals surface area contributed by atoms with Gasteiger partial charge in [-0.25, -0.2) is 4.98 Å². The number of pyridine rings is 1. The van der Waals surface area contributed by atoms with Gasteiger partial charge in [0.1, 0.15) is 23.9 Å². The third-order valence-electron chi connectivity index (χ3n) is 15.6. The van der Waals surface area contributed by atoms with E-state index in [4.69, 9.17) is 56.4 Å². The van der Waals surface area contributed by atoms with Crippen molar-refractivity contribution in [3.63, 3.8) is 0 Å². The van der Waals surface area contributed by atoms with E-state index in [9.17, 15) is 24.8 Å². The number of β-amino-alcohol motifs (C(OH)–C–C–N with tert-alkyl or cyclic N) is 1. The number of aliphatic hydroxyl groups excluding tert-OH is 1. The van der Waals surface area contributed by atoms with Crippen LogP contribution < -0.4 is 30.2 Å². The molecule has 0 aliphatic carbocycles. The molecule has 0 saturated carbocycles. The fourth-order valence-corrected chi connectivity index (χ4v) is 12.0. The molecule has 2 saturated heterocycles. The highest BCUT2D eigenvalue weighted by atomic mass is 35.5. The number of benzene rings is 3. The number of hydrogen-bond acceptors (Lipinski definition) is 18. The van der Waals surface area contributed by atoms with Gasteiger partial charge in [0.25, 0.3) is 0 Å². The Morgan fingerprint density at radius 3 is 2.00 bits per heavy atom. The zero-order valence-corrected chi connectivity index (χ0v) is 54.3. The summed E-state index contributed by atoms with van der Waals surface area (Å²) in [5.41, 5.74) is 6.16. The van der Waals surface area contributed by atoms with Crippen molar-refractivity contribution in [1.29, 1.82) is 5.26 Å². The number of carbonyl (C=O) groups is 3. The highest BCUT2D eigenvalue weighted by Gasteiger charge is 2.44. The SMILES string of the molecule is COc1cc(Nc2c(C#N)cnc3cc(OCCCN4CCN(CCCCCCOCCOCCOCCOCCCCCC(=O)N[C@H](C(=O)N5C[C@H](O)C[C@H]5C(=O)NCc5ccc(-c6scnc6C)cc5)C(C)(C)C)CC4)c(OC)cc23)c(Cl)cc1Cl.